The van der Waals surface area contributed by atoms with Crippen LogP contribution in [0, 0.1) is 0 Å². The first kappa shape index (κ1) is 15.6. The van der Waals surface area contributed by atoms with Crippen molar-refractivity contribution in [1.29, 1.82) is 0 Å². The van der Waals surface area contributed by atoms with Crippen LogP contribution in [0.1, 0.15) is 20.9 Å². The molecule has 23 heavy (non-hydrogen) atoms. The summed E-state index contributed by atoms with van der Waals surface area (Å²) in [6.45, 7) is 0. The Kier molecular flexibility index (Phi) is 4.95. The monoisotopic (exact) mass is 385 g/mol. The second-order valence-electron chi connectivity index (χ2n) is 4.65. The lowest BCUT2D eigenvalue weighted by molar-refractivity contribution is 0.102. The van der Waals surface area contributed by atoms with E-state index in [-0.39, 0.29) is 5.91 Å². The molecule has 2 aromatic carbocycles. The number of amides is 1. The molecule has 0 radical (unpaired) electrons. The molecule has 0 aliphatic heterocycles. The molecule has 0 unspecified atom stereocenters. The second kappa shape index (κ2) is 7.30. The lowest BCUT2D eigenvalue weighted by atomic mass is 10.2. The van der Waals surface area contributed by atoms with Crippen LogP contribution in [0.15, 0.2) is 59.1 Å². The van der Waals surface area contributed by atoms with E-state index in [9.17, 15) is 4.79 Å². The number of nitrogens with zero attached hydrogens (tertiary/aromatic N) is 2. The van der Waals surface area contributed by atoms with Gasteiger partial charge in [-0.1, -0.05) is 63.7 Å². The lowest BCUT2D eigenvalue weighted by Crippen LogP contribution is -2.11. The summed E-state index contributed by atoms with van der Waals surface area (Å²) >= 11 is 4.67. The summed E-state index contributed by atoms with van der Waals surface area (Å²) in [5.74, 6) is -0.202. The summed E-state index contributed by atoms with van der Waals surface area (Å²) in [5, 5.41) is 12.0. The number of hydrogen-bond donors (Lipinski definition) is 1. The first-order valence-electron chi connectivity index (χ1n) is 6.84. The van der Waals surface area contributed by atoms with E-state index in [1.807, 2.05) is 54.6 Å². The van der Waals surface area contributed by atoms with Crippen molar-refractivity contribution < 1.29 is 4.79 Å². The van der Waals surface area contributed by atoms with E-state index in [2.05, 4.69) is 31.4 Å². The summed E-state index contributed by atoms with van der Waals surface area (Å²) in [4.78, 5) is 12.1. The van der Waals surface area contributed by atoms with E-state index in [4.69, 9.17) is 0 Å². The first-order chi connectivity index (χ1) is 11.2. The summed E-state index contributed by atoms with van der Waals surface area (Å²) in [7, 11) is 0. The van der Waals surface area contributed by atoms with Gasteiger partial charge in [-0.2, -0.15) is 0 Å². The molecule has 1 amide bonds. The zero-order valence-electron chi connectivity index (χ0n) is 11.9. The van der Waals surface area contributed by atoms with Gasteiger partial charge in [0.1, 0.15) is 5.01 Å². The third kappa shape index (κ3) is 4.34. The summed E-state index contributed by atoms with van der Waals surface area (Å²) in [5.41, 5.74) is 1.66. The predicted octanol–water partition coefficient (Wildman–Crippen LogP) is 4.72. The molecule has 0 atom stereocenters. The topological polar surface area (TPSA) is 54.9 Å². The Morgan fingerprint density at radius 2 is 1.74 bits per heavy atom. The van der Waals surface area contributed by atoms with Gasteiger partial charge in [-0.25, -0.2) is 0 Å². The van der Waals surface area contributed by atoms with Gasteiger partial charge in [0.05, 0.1) is 0 Å². The molecule has 3 aromatic rings. The van der Waals surface area contributed by atoms with E-state index in [1.165, 1.54) is 11.3 Å². The standard InChI is InChI=1S/C17H12BrN3OS/c18-14-9-7-13(8-10-14)16(22)19-17-21-20-15(23-17)11-6-12-4-2-1-3-5-12/h1-11H,(H,19,21,22)/b11-6+. The number of anilines is 1. The Balaban J connectivity index is 1.66. The van der Waals surface area contributed by atoms with Crippen molar-refractivity contribution >= 4 is 50.5 Å². The minimum absolute atomic E-state index is 0.202. The Hall–Kier alpha value is -2.31. The Labute approximate surface area is 146 Å². The van der Waals surface area contributed by atoms with Crippen LogP contribution < -0.4 is 5.32 Å². The molecule has 0 saturated carbocycles. The van der Waals surface area contributed by atoms with Crippen molar-refractivity contribution in [2.24, 2.45) is 0 Å². The molecule has 1 heterocycles. The van der Waals surface area contributed by atoms with Gasteiger partial charge < -0.3 is 0 Å². The molecule has 0 aliphatic carbocycles. The number of carbonyl (C=O) groups is 1. The molecule has 4 nitrogen and oxygen atoms in total. The predicted molar refractivity (Wildman–Crippen MR) is 97.4 cm³/mol. The molecule has 0 aliphatic rings. The van der Waals surface area contributed by atoms with Crippen LogP contribution in [0.3, 0.4) is 0 Å². The highest BCUT2D eigenvalue weighted by molar-refractivity contribution is 9.10. The van der Waals surface area contributed by atoms with Crippen molar-refractivity contribution in [1.82, 2.24) is 10.2 Å². The van der Waals surface area contributed by atoms with E-state index in [1.54, 1.807) is 12.1 Å². The number of rotatable bonds is 4. The fourth-order valence-corrected chi connectivity index (χ4v) is 2.76. The molecule has 0 saturated heterocycles. The van der Waals surface area contributed by atoms with E-state index >= 15 is 0 Å². The average molecular weight is 386 g/mol. The molecule has 6 heteroatoms. The van der Waals surface area contributed by atoms with Crippen molar-refractivity contribution in [2.45, 2.75) is 0 Å². The molecular formula is C17H12BrN3OS. The van der Waals surface area contributed by atoms with Crippen molar-refractivity contribution in [3.8, 4) is 0 Å². The van der Waals surface area contributed by atoms with Crippen molar-refractivity contribution in [3.63, 3.8) is 0 Å². The molecule has 3 rings (SSSR count). The van der Waals surface area contributed by atoms with Crippen LogP contribution in [-0.4, -0.2) is 16.1 Å². The van der Waals surface area contributed by atoms with Crippen LogP contribution >= 0.6 is 27.3 Å². The Bertz CT molecular complexity index is 829. The molecule has 0 spiro atoms. The largest absolute Gasteiger partial charge is 0.296 e. The van der Waals surface area contributed by atoms with Gasteiger partial charge in [0.15, 0.2) is 0 Å². The van der Waals surface area contributed by atoms with Gasteiger partial charge in [0.2, 0.25) is 5.13 Å². The maximum atomic E-state index is 12.1. The van der Waals surface area contributed by atoms with Crippen LogP contribution in [0.2, 0.25) is 0 Å². The van der Waals surface area contributed by atoms with Gasteiger partial charge in [0.25, 0.3) is 5.91 Å². The molecule has 0 bridgehead atoms. The number of halogens is 1. The zero-order valence-corrected chi connectivity index (χ0v) is 14.3. The number of hydrogen-bond acceptors (Lipinski definition) is 4. The molecular weight excluding hydrogens is 374 g/mol. The van der Waals surface area contributed by atoms with Crippen LogP contribution in [0.25, 0.3) is 12.2 Å². The fraction of sp³-hybridized carbons (Fsp3) is 0. The Morgan fingerprint density at radius 3 is 2.48 bits per heavy atom. The minimum Gasteiger partial charge on any atom is -0.296 e. The Morgan fingerprint density at radius 1 is 1.00 bits per heavy atom. The molecule has 0 fully saturated rings. The third-order valence-corrected chi connectivity index (χ3v) is 4.32. The summed E-state index contributed by atoms with van der Waals surface area (Å²) in [6, 6.07) is 17.1. The van der Waals surface area contributed by atoms with Crippen LogP contribution in [0.5, 0.6) is 0 Å². The lowest BCUT2D eigenvalue weighted by Gasteiger charge is -2.00. The third-order valence-electron chi connectivity index (χ3n) is 2.99. The second-order valence-corrected chi connectivity index (χ2v) is 6.58. The summed E-state index contributed by atoms with van der Waals surface area (Å²) < 4.78 is 0.929. The SMILES string of the molecule is O=C(Nc1nnc(/C=C/c2ccccc2)s1)c1ccc(Br)cc1. The minimum atomic E-state index is -0.202. The number of benzene rings is 2. The van der Waals surface area contributed by atoms with E-state index < -0.39 is 0 Å². The average Bonchev–Trinajstić information content (AvgIpc) is 3.02. The molecule has 1 N–H and O–H groups in total. The van der Waals surface area contributed by atoms with Crippen LogP contribution in [-0.2, 0) is 0 Å². The zero-order chi connectivity index (χ0) is 16.1. The maximum Gasteiger partial charge on any atom is 0.257 e. The van der Waals surface area contributed by atoms with E-state index in [0.717, 1.165) is 15.0 Å². The normalized spacial score (nSPS) is 10.8. The van der Waals surface area contributed by atoms with Crippen molar-refractivity contribution in [2.75, 3.05) is 5.32 Å². The molecule has 1 aromatic heterocycles. The van der Waals surface area contributed by atoms with Crippen LogP contribution in [0.4, 0.5) is 5.13 Å². The first-order valence-corrected chi connectivity index (χ1v) is 8.45. The van der Waals surface area contributed by atoms with Gasteiger partial charge >= 0.3 is 0 Å². The number of aromatic nitrogens is 2. The quantitative estimate of drug-likeness (QED) is 0.706. The highest BCUT2D eigenvalue weighted by Gasteiger charge is 2.09. The van der Waals surface area contributed by atoms with Gasteiger partial charge in [-0.3, -0.25) is 10.1 Å². The van der Waals surface area contributed by atoms with E-state index in [0.29, 0.717) is 10.7 Å². The van der Waals surface area contributed by atoms with Gasteiger partial charge in [0, 0.05) is 10.0 Å². The highest BCUT2D eigenvalue weighted by Crippen LogP contribution is 2.19. The van der Waals surface area contributed by atoms with Crippen molar-refractivity contribution in [3.05, 3.63) is 75.2 Å². The van der Waals surface area contributed by atoms with Gasteiger partial charge in [-0.05, 0) is 35.9 Å². The fourth-order valence-electron chi connectivity index (χ4n) is 1.85. The number of nitrogens with one attached hydrogen (secondary N) is 1. The number of carbonyl (C=O) groups excluding carboxylic acids is 1. The van der Waals surface area contributed by atoms with Gasteiger partial charge in [-0.15, -0.1) is 10.2 Å². The maximum absolute atomic E-state index is 12.1. The smallest absolute Gasteiger partial charge is 0.257 e. The summed E-state index contributed by atoms with van der Waals surface area (Å²) in [6.07, 6.45) is 3.84. The molecule has 114 valence electrons. The highest BCUT2D eigenvalue weighted by atomic mass is 79.9.